The summed E-state index contributed by atoms with van der Waals surface area (Å²) in [5.41, 5.74) is 1.34. The van der Waals surface area contributed by atoms with Crippen LogP contribution in [0.3, 0.4) is 0 Å². The van der Waals surface area contributed by atoms with Crippen LogP contribution in [0.25, 0.3) is 0 Å². The number of halogens is 2. The van der Waals surface area contributed by atoms with Crippen LogP contribution >= 0.6 is 0 Å². The highest BCUT2D eigenvalue weighted by Crippen LogP contribution is 2.22. The Labute approximate surface area is 110 Å². The van der Waals surface area contributed by atoms with Crippen molar-refractivity contribution in [3.05, 3.63) is 53.4 Å². The van der Waals surface area contributed by atoms with Gasteiger partial charge in [-0.1, -0.05) is 6.92 Å². The average molecular weight is 266 g/mol. The lowest BCUT2D eigenvalue weighted by molar-refractivity contribution is 0.149. The molecule has 1 heterocycles. The summed E-state index contributed by atoms with van der Waals surface area (Å²) < 4.78 is 27.8. The zero-order chi connectivity index (χ0) is 14.0. The van der Waals surface area contributed by atoms with Crippen molar-refractivity contribution in [2.45, 2.75) is 25.4 Å². The van der Waals surface area contributed by atoms with Crippen LogP contribution in [0, 0.1) is 11.6 Å². The normalized spacial score (nSPS) is 14.4. The van der Waals surface area contributed by atoms with Crippen LogP contribution in [-0.2, 0) is 13.5 Å². The Morgan fingerprint density at radius 2 is 1.89 bits per heavy atom. The van der Waals surface area contributed by atoms with E-state index in [1.807, 2.05) is 13.1 Å². The van der Waals surface area contributed by atoms with Gasteiger partial charge in [0.05, 0.1) is 12.3 Å². The van der Waals surface area contributed by atoms with Crippen molar-refractivity contribution in [3.8, 4) is 0 Å². The van der Waals surface area contributed by atoms with Gasteiger partial charge in [0.25, 0.3) is 0 Å². The molecule has 0 amide bonds. The van der Waals surface area contributed by atoms with Gasteiger partial charge in [0.15, 0.2) is 0 Å². The number of aromatic nitrogens is 2. The summed E-state index contributed by atoms with van der Waals surface area (Å²) in [5, 5.41) is 14.2. The largest absolute Gasteiger partial charge is 0.392 e. The lowest BCUT2D eigenvalue weighted by atomic mass is 9.93. The van der Waals surface area contributed by atoms with E-state index in [1.54, 1.807) is 17.9 Å². The van der Waals surface area contributed by atoms with E-state index in [1.165, 1.54) is 12.1 Å². The molecule has 0 bridgehead atoms. The minimum atomic E-state index is -0.717. The van der Waals surface area contributed by atoms with Gasteiger partial charge in [-0.25, -0.2) is 8.78 Å². The van der Waals surface area contributed by atoms with Gasteiger partial charge < -0.3 is 5.11 Å². The van der Waals surface area contributed by atoms with E-state index in [-0.39, 0.29) is 12.3 Å². The third-order valence-corrected chi connectivity index (χ3v) is 3.19. The molecule has 3 nitrogen and oxygen atoms in total. The number of hydrogen-bond acceptors (Lipinski definition) is 2. The van der Waals surface area contributed by atoms with Gasteiger partial charge in [-0.05, 0) is 29.7 Å². The summed E-state index contributed by atoms with van der Waals surface area (Å²) in [7, 11) is 1.80. The first kappa shape index (κ1) is 13.7. The minimum absolute atomic E-state index is 0.153. The second-order valence-electron chi connectivity index (χ2n) is 4.79. The van der Waals surface area contributed by atoms with Gasteiger partial charge >= 0.3 is 0 Å². The van der Waals surface area contributed by atoms with Crippen LogP contribution in [0.1, 0.15) is 24.0 Å². The van der Waals surface area contributed by atoms with Crippen LogP contribution < -0.4 is 0 Å². The molecule has 1 N–H and O–H groups in total. The van der Waals surface area contributed by atoms with Gasteiger partial charge in [-0.15, -0.1) is 0 Å². The van der Waals surface area contributed by atoms with Gasteiger partial charge in [0.2, 0.25) is 0 Å². The maximum absolute atomic E-state index is 13.1. The lowest BCUT2D eigenvalue weighted by Crippen LogP contribution is -2.18. The molecule has 1 aromatic heterocycles. The van der Waals surface area contributed by atoms with Gasteiger partial charge in [-0.2, -0.15) is 5.10 Å². The van der Waals surface area contributed by atoms with Crippen molar-refractivity contribution in [3.63, 3.8) is 0 Å². The van der Waals surface area contributed by atoms with Crippen molar-refractivity contribution in [1.82, 2.24) is 9.78 Å². The van der Waals surface area contributed by atoms with Crippen molar-refractivity contribution >= 4 is 0 Å². The molecule has 0 radical (unpaired) electrons. The number of nitrogens with zero attached hydrogens (tertiary/aromatic N) is 2. The summed E-state index contributed by atoms with van der Waals surface area (Å²) in [6.07, 6.45) is 2.98. The number of rotatable bonds is 4. The molecule has 2 aromatic rings. The zero-order valence-corrected chi connectivity index (χ0v) is 10.8. The van der Waals surface area contributed by atoms with Crippen LogP contribution in [0.2, 0.25) is 0 Å². The monoisotopic (exact) mass is 266 g/mol. The molecule has 0 spiro atoms. The summed E-state index contributed by atoms with van der Waals surface area (Å²) in [6, 6.07) is 3.30. The summed E-state index contributed by atoms with van der Waals surface area (Å²) in [5.74, 6) is -1.41. The number of hydrogen-bond donors (Lipinski definition) is 1. The quantitative estimate of drug-likeness (QED) is 0.922. The molecular weight excluding hydrogens is 250 g/mol. The summed E-state index contributed by atoms with van der Waals surface area (Å²) in [4.78, 5) is 0. The smallest absolute Gasteiger partial charge is 0.126 e. The fraction of sp³-hybridized carbons (Fsp3) is 0.357. The summed E-state index contributed by atoms with van der Waals surface area (Å²) >= 11 is 0. The highest BCUT2D eigenvalue weighted by Gasteiger charge is 2.18. The Bertz CT molecular complexity index is 548. The molecule has 2 unspecified atom stereocenters. The first-order valence-electron chi connectivity index (χ1n) is 6.07. The first-order valence-corrected chi connectivity index (χ1v) is 6.07. The Hall–Kier alpha value is -1.75. The molecule has 0 aliphatic heterocycles. The Balaban J connectivity index is 2.10. The predicted molar refractivity (Wildman–Crippen MR) is 67.7 cm³/mol. The molecule has 102 valence electrons. The van der Waals surface area contributed by atoms with E-state index in [4.69, 9.17) is 0 Å². The van der Waals surface area contributed by atoms with Gasteiger partial charge in [0.1, 0.15) is 11.6 Å². The minimum Gasteiger partial charge on any atom is -0.392 e. The topological polar surface area (TPSA) is 38.0 Å². The molecule has 5 heteroatoms. The third-order valence-electron chi connectivity index (χ3n) is 3.19. The van der Waals surface area contributed by atoms with E-state index in [2.05, 4.69) is 5.10 Å². The van der Waals surface area contributed by atoms with E-state index in [9.17, 15) is 13.9 Å². The third kappa shape index (κ3) is 3.38. The van der Waals surface area contributed by atoms with E-state index >= 15 is 0 Å². The zero-order valence-electron chi connectivity index (χ0n) is 10.8. The number of benzene rings is 1. The molecule has 1 aromatic carbocycles. The molecular formula is C14H16F2N2O. The number of aliphatic hydroxyl groups excluding tert-OH is 1. The maximum Gasteiger partial charge on any atom is 0.126 e. The lowest BCUT2D eigenvalue weighted by Gasteiger charge is -2.17. The molecule has 0 saturated heterocycles. The molecule has 0 aliphatic rings. The SMILES string of the molecule is CC(c1cnn(C)c1)C(O)Cc1cc(F)cc(F)c1. The van der Waals surface area contributed by atoms with Crippen molar-refractivity contribution < 1.29 is 13.9 Å². The Morgan fingerprint density at radius 3 is 2.42 bits per heavy atom. The van der Waals surface area contributed by atoms with Crippen molar-refractivity contribution in [2.75, 3.05) is 0 Å². The maximum atomic E-state index is 13.1. The first-order chi connectivity index (χ1) is 8.95. The van der Waals surface area contributed by atoms with Gasteiger partial charge in [-0.3, -0.25) is 4.68 Å². The van der Waals surface area contributed by atoms with Crippen LogP contribution in [-0.4, -0.2) is 21.0 Å². The molecule has 2 rings (SSSR count). The fourth-order valence-electron chi connectivity index (χ4n) is 2.04. The summed E-state index contributed by atoms with van der Waals surface area (Å²) in [6.45, 7) is 1.86. The number of aliphatic hydroxyl groups is 1. The Morgan fingerprint density at radius 1 is 1.26 bits per heavy atom. The van der Waals surface area contributed by atoms with E-state index < -0.39 is 17.7 Å². The highest BCUT2D eigenvalue weighted by molar-refractivity contribution is 5.20. The molecule has 0 saturated carbocycles. The van der Waals surface area contributed by atoms with Gasteiger partial charge in [0, 0.05) is 25.2 Å². The predicted octanol–water partition coefficient (Wildman–Crippen LogP) is 2.41. The fourth-order valence-corrected chi connectivity index (χ4v) is 2.04. The molecule has 2 atom stereocenters. The second-order valence-corrected chi connectivity index (χ2v) is 4.79. The molecule has 0 fully saturated rings. The molecule has 0 aliphatic carbocycles. The molecule has 19 heavy (non-hydrogen) atoms. The van der Waals surface area contributed by atoms with E-state index in [0.717, 1.165) is 11.6 Å². The van der Waals surface area contributed by atoms with E-state index in [0.29, 0.717) is 5.56 Å². The van der Waals surface area contributed by atoms with Crippen LogP contribution in [0.15, 0.2) is 30.6 Å². The second kappa shape index (κ2) is 5.48. The number of aryl methyl sites for hydroxylation is 1. The van der Waals surface area contributed by atoms with Crippen molar-refractivity contribution in [2.24, 2.45) is 7.05 Å². The standard InChI is InChI=1S/C14H16F2N2O/c1-9(11-7-17-18(2)8-11)14(19)5-10-3-12(15)6-13(16)4-10/h3-4,6-9,14,19H,5H2,1-2H3. The van der Waals surface area contributed by atoms with Crippen molar-refractivity contribution in [1.29, 1.82) is 0 Å². The Kier molecular flexibility index (Phi) is 3.95. The van der Waals surface area contributed by atoms with Crippen LogP contribution in [0.5, 0.6) is 0 Å². The van der Waals surface area contributed by atoms with Crippen LogP contribution in [0.4, 0.5) is 8.78 Å². The highest BCUT2D eigenvalue weighted by atomic mass is 19.1. The average Bonchev–Trinajstić information content (AvgIpc) is 2.73.